The molecule has 1 heterocycles. The molecule has 3 nitrogen and oxygen atoms in total. The zero-order valence-corrected chi connectivity index (χ0v) is 12.5. The van der Waals surface area contributed by atoms with Gasteiger partial charge in [-0.15, -0.1) is 6.58 Å². The molecule has 0 fully saturated rings. The van der Waals surface area contributed by atoms with Crippen molar-refractivity contribution < 1.29 is 4.79 Å². The van der Waals surface area contributed by atoms with Gasteiger partial charge in [0, 0.05) is 29.6 Å². The summed E-state index contributed by atoms with van der Waals surface area (Å²) in [4.78, 5) is 16.3. The number of pyridine rings is 1. The molecule has 1 aromatic carbocycles. The lowest BCUT2D eigenvalue weighted by atomic mass is 10.1. The average Bonchev–Trinajstić information content (AvgIpc) is 2.47. The molecule has 2 aromatic rings. The molecule has 1 amide bonds. The van der Waals surface area contributed by atoms with Gasteiger partial charge in [0.05, 0.1) is 5.56 Å². The summed E-state index contributed by atoms with van der Waals surface area (Å²) in [6, 6.07) is 7.50. The Hall–Kier alpha value is -1.52. The Kier molecular flexibility index (Phi) is 5.44. The molecule has 0 aliphatic heterocycles. The van der Waals surface area contributed by atoms with Crippen LogP contribution in [0.25, 0.3) is 10.8 Å². The van der Waals surface area contributed by atoms with E-state index < -0.39 is 0 Å². The fraction of sp³-hybridized carbons (Fsp3) is 0.200. The highest BCUT2D eigenvalue weighted by Gasteiger charge is 2.11. The lowest BCUT2D eigenvalue weighted by Crippen LogP contribution is -2.26. The Morgan fingerprint density at radius 2 is 2.15 bits per heavy atom. The highest BCUT2D eigenvalue weighted by Crippen LogP contribution is 2.23. The number of thioether (sulfide) groups is 1. The summed E-state index contributed by atoms with van der Waals surface area (Å²) in [5, 5.41) is 4.92. The van der Waals surface area contributed by atoms with Gasteiger partial charge in [0.25, 0.3) is 5.91 Å². The molecule has 0 radical (unpaired) electrons. The lowest BCUT2D eigenvalue weighted by Gasteiger charge is -2.08. The summed E-state index contributed by atoms with van der Waals surface area (Å²) in [6.07, 6.45) is 3.37. The van der Waals surface area contributed by atoms with Gasteiger partial charge in [-0.05, 0) is 5.39 Å². The zero-order chi connectivity index (χ0) is 14.4. The first-order valence-corrected chi connectivity index (χ1v) is 7.77. The van der Waals surface area contributed by atoms with E-state index in [9.17, 15) is 4.79 Å². The van der Waals surface area contributed by atoms with Crippen LogP contribution in [-0.2, 0) is 0 Å². The molecule has 1 aromatic heterocycles. The summed E-state index contributed by atoms with van der Waals surface area (Å²) >= 11 is 7.77. The zero-order valence-electron chi connectivity index (χ0n) is 10.9. The lowest BCUT2D eigenvalue weighted by molar-refractivity contribution is 0.0957. The molecule has 5 heteroatoms. The highest BCUT2D eigenvalue weighted by atomic mass is 35.5. The van der Waals surface area contributed by atoms with Crippen LogP contribution in [0.1, 0.15) is 10.4 Å². The maximum Gasteiger partial charge on any atom is 0.253 e. The van der Waals surface area contributed by atoms with Crippen LogP contribution in [0.3, 0.4) is 0 Å². The largest absolute Gasteiger partial charge is 0.351 e. The van der Waals surface area contributed by atoms with Crippen LogP contribution in [0.4, 0.5) is 0 Å². The first kappa shape index (κ1) is 14.9. The van der Waals surface area contributed by atoms with Gasteiger partial charge in [0.2, 0.25) is 0 Å². The molecule has 0 saturated heterocycles. The summed E-state index contributed by atoms with van der Waals surface area (Å²) in [5.41, 5.74) is 0.554. The van der Waals surface area contributed by atoms with Gasteiger partial charge < -0.3 is 5.32 Å². The normalized spacial score (nSPS) is 10.4. The number of halogens is 1. The van der Waals surface area contributed by atoms with Crippen molar-refractivity contribution in [2.75, 3.05) is 18.1 Å². The maximum atomic E-state index is 12.2. The number of hydrogen-bond donors (Lipinski definition) is 1. The van der Waals surface area contributed by atoms with Crippen molar-refractivity contribution in [3.05, 3.63) is 53.8 Å². The van der Waals surface area contributed by atoms with E-state index in [-0.39, 0.29) is 5.91 Å². The molecule has 2 rings (SSSR count). The summed E-state index contributed by atoms with van der Waals surface area (Å²) in [7, 11) is 0. The first-order valence-electron chi connectivity index (χ1n) is 6.24. The molecule has 0 aliphatic rings. The molecular formula is C15H15ClN2OS. The highest BCUT2D eigenvalue weighted by molar-refractivity contribution is 7.99. The predicted octanol–water partition coefficient (Wildman–Crippen LogP) is 3.54. The third kappa shape index (κ3) is 3.52. The van der Waals surface area contributed by atoms with Crippen LogP contribution in [0, 0.1) is 0 Å². The molecular weight excluding hydrogens is 292 g/mol. The monoisotopic (exact) mass is 306 g/mol. The number of hydrogen-bond acceptors (Lipinski definition) is 3. The molecule has 0 spiro atoms. The number of nitrogens with one attached hydrogen (secondary N) is 1. The van der Waals surface area contributed by atoms with Gasteiger partial charge in [-0.2, -0.15) is 11.8 Å². The van der Waals surface area contributed by atoms with Crippen molar-refractivity contribution >= 4 is 40.0 Å². The third-order valence-electron chi connectivity index (χ3n) is 2.76. The van der Waals surface area contributed by atoms with Crippen molar-refractivity contribution in [1.82, 2.24) is 10.3 Å². The molecule has 0 aliphatic carbocycles. The fourth-order valence-electron chi connectivity index (χ4n) is 1.84. The van der Waals surface area contributed by atoms with E-state index in [2.05, 4.69) is 16.9 Å². The summed E-state index contributed by atoms with van der Waals surface area (Å²) in [5.74, 6) is 1.63. The molecule has 1 N–H and O–H groups in total. The predicted molar refractivity (Wildman–Crippen MR) is 86.6 cm³/mol. The van der Waals surface area contributed by atoms with Crippen LogP contribution < -0.4 is 5.32 Å². The SMILES string of the molecule is C=CCSCCNC(=O)c1cnc(Cl)c2ccccc12. The minimum atomic E-state index is -0.121. The second-order valence-corrected chi connectivity index (χ2v) is 5.64. The van der Waals surface area contributed by atoms with E-state index in [0.29, 0.717) is 17.3 Å². The van der Waals surface area contributed by atoms with E-state index in [1.165, 1.54) is 6.20 Å². The van der Waals surface area contributed by atoms with Crippen molar-refractivity contribution in [3.8, 4) is 0 Å². The third-order valence-corrected chi connectivity index (χ3v) is 4.02. The number of carbonyl (C=O) groups is 1. The maximum absolute atomic E-state index is 12.2. The van der Waals surface area contributed by atoms with E-state index in [0.717, 1.165) is 22.3 Å². The molecule has 0 saturated carbocycles. The van der Waals surface area contributed by atoms with Crippen molar-refractivity contribution in [1.29, 1.82) is 0 Å². The Labute approximate surface area is 127 Å². The van der Waals surface area contributed by atoms with Crippen LogP contribution >= 0.6 is 23.4 Å². The minimum absolute atomic E-state index is 0.121. The summed E-state index contributed by atoms with van der Waals surface area (Å²) in [6.45, 7) is 4.27. The Morgan fingerprint density at radius 1 is 1.40 bits per heavy atom. The minimum Gasteiger partial charge on any atom is -0.351 e. The van der Waals surface area contributed by atoms with Gasteiger partial charge >= 0.3 is 0 Å². The number of carbonyl (C=O) groups excluding carboxylic acids is 1. The van der Waals surface area contributed by atoms with Gasteiger partial charge in [-0.25, -0.2) is 4.98 Å². The first-order chi connectivity index (χ1) is 9.74. The van der Waals surface area contributed by atoms with Gasteiger partial charge in [-0.1, -0.05) is 41.9 Å². The topological polar surface area (TPSA) is 42.0 Å². The van der Waals surface area contributed by atoms with E-state index in [1.54, 1.807) is 11.8 Å². The Bertz CT molecular complexity index is 630. The smallest absolute Gasteiger partial charge is 0.253 e. The Morgan fingerprint density at radius 3 is 2.90 bits per heavy atom. The van der Waals surface area contributed by atoms with Crippen molar-refractivity contribution in [2.45, 2.75) is 0 Å². The van der Waals surface area contributed by atoms with E-state index in [4.69, 9.17) is 11.6 Å². The van der Waals surface area contributed by atoms with Gasteiger partial charge in [0.15, 0.2) is 0 Å². The molecule has 20 heavy (non-hydrogen) atoms. The molecule has 0 atom stereocenters. The molecule has 0 bridgehead atoms. The van der Waals surface area contributed by atoms with Crippen LogP contribution in [-0.4, -0.2) is 28.9 Å². The van der Waals surface area contributed by atoms with Crippen molar-refractivity contribution in [2.24, 2.45) is 0 Å². The van der Waals surface area contributed by atoms with Gasteiger partial charge in [0.1, 0.15) is 5.15 Å². The quantitative estimate of drug-likeness (QED) is 0.504. The number of nitrogens with zero attached hydrogens (tertiary/aromatic N) is 1. The van der Waals surface area contributed by atoms with Crippen LogP contribution in [0.2, 0.25) is 5.15 Å². The summed E-state index contributed by atoms with van der Waals surface area (Å²) < 4.78 is 0. The van der Waals surface area contributed by atoms with Crippen molar-refractivity contribution in [3.63, 3.8) is 0 Å². The second-order valence-electron chi connectivity index (χ2n) is 4.13. The molecule has 0 unspecified atom stereocenters. The average molecular weight is 307 g/mol. The van der Waals surface area contributed by atoms with Crippen LogP contribution in [0.5, 0.6) is 0 Å². The standard InChI is InChI=1S/C15H15ClN2OS/c1-2-8-20-9-7-17-15(19)13-10-18-14(16)12-6-4-3-5-11(12)13/h2-6,10H,1,7-9H2,(H,17,19). The van der Waals surface area contributed by atoms with E-state index >= 15 is 0 Å². The Balaban J connectivity index is 2.10. The number of rotatable bonds is 6. The number of fused-ring (bicyclic) bond motifs is 1. The van der Waals surface area contributed by atoms with Gasteiger partial charge in [-0.3, -0.25) is 4.79 Å². The number of amides is 1. The fourth-order valence-corrected chi connectivity index (χ4v) is 2.63. The number of aromatic nitrogens is 1. The number of benzene rings is 1. The second kappa shape index (κ2) is 7.31. The molecule has 104 valence electrons. The van der Waals surface area contributed by atoms with E-state index in [1.807, 2.05) is 30.3 Å². The van der Waals surface area contributed by atoms with Crippen LogP contribution in [0.15, 0.2) is 43.1 Å².